The molecule has 2 heterocycles. The number of carbonyl (C=O) groups excluding carboxylic acids is 1. The Balaban J connectivity index is 1.90. The van der Waals surface area contributed by atoms with Crippen LogP contribution in [0.5, 0.6) is 11.5 Å². The fraction of sp³-hybridized carbons (Fsp3) is 0.263. The van der Waals surface area contributed by atoms with Crippen LogP contribution in [0.2, 0.25) is 0 Å². The molecule has 0 aliphatic carbocycles. The molecule has 9 heteroatoms. The van der Waals surface area contributed by atoms with Gasteiger partial charge in [0.15, 0.2) is 11.5 Å². The predicted octanol–water partition coefficient (Wildman–Crippen LogP) is 3.71. The van der Waals surface area contributed by atoms with Crippen molar-refractivity contribution in [3.8, 4) is 17.6 Å². The van der Waals surface area contributed by atoms with Crippen LogP contribution >= 0.6 is 27.3 Å². The summed E-state index contributed by atoms with van der Waals surface area (Å²) in [5.74, 6) is -0.221. The van der Waals surface area contributed by atoms with Crippen molar-refractivity contribution in [2.75, 3.05) is 6.61 Å². The number of nitriles is 1. The SMILES string of the molecule is CCOc1cc(C#N)cc(Br)c1OC(=O)Cn1cnc2sc(C)c(C)c2c1=O. The minimum absolute atomic E-state index is 0.162. The summed E-state index contributed by atoms with van der Waals surface area (Å²) in [6, 6.07) is 5.04. The van der Waals surface area contributed by atoms with Crippen LogP contribution in [0.25, 0.3) is 10.2 Å². The molecular formula is C19H16BrN3O4S. The lowest BCUT2D eigenvalue weighted by Crippen LogP contribution is -2.27. The number of aromatic nitrogens is 2. The second kappa shape index (κ2) is 8.12. The monoisotopic (exact) mass is 461 g/mol. The van der Waals surface area contributed by atoms with Gasteiger partial charge in [-0.2, -0.15) is 5.26 Å². The Bertz CT molecular complexity index is 1180. The minimum Gasteiger partial charge on any atom is -0.490 e. The lowest BCUT2D eigenvalue weighted by Gasteiger charge is -2.13. The first-order valence-corrected chi connectivity index (χ1v) is 9.98. The Hall–Kier alpha value is -2.70. The zero-order valence-corrected chi connectivity index (χ0v) is 17.8. The Kier molecular flexibility index (Phi) is 5.82. The van der Waals surface area contributed by atoms with E-state index < -0.39 is 5.97 Å². The molecule has 0 saturated heterocycles. The zero-order chi connectivity index (χ0) is 20.4. The molecule has 0 atom stereocenters. The molecule has 0 bridgehead atoms. The molecule has 3 rings (SSSR count). The maximum atomic E-state index is 12.7. The van der Waals surface area contributed by atoms with E-state index >= 15 is 0 Å². The highest BCUT2D eigenvalue weighted by molar-refractivity contribution is 9.10. The summed E-state index contributed by atoms with van der Waals surface area (Å²) in [6.45, 7) is 5.61. The summed E-state index contributed by atoms with van der Waals surface area (Å²) in [7, 11) is 0. The molecule has 3 aromatic rings. The highest BCUT2D eigenvalue weighted by Gasteiger charge is 2.18. The van der Waals surface area contributed by atoms with Crippen LogP contribution in [0.1, 0.15) is 22.9 Å². The van der Waals surface area contributed by atoms with Gasteiger partial charge in [-0.3, -0.25) is 9.36 Å². The first kappa shape index (κ1) is 20.0. The fourth-order valence-electron chi connectivity index (χ4n) is 2.66. The van der Waals surface area contributed by atoms with Crippen LogP contribution in [0.3, 0.4) is 0 Å². The lowest BCUT2D eigenvalue weighted by molar-refractivity contribution is -0.135. The summed E-state index contributed by atoms with van der Waals surface area (Å²) in [5, 5.41) is 9.61. The highest BCUT2D eigenvalue weighted by Crippen LogP contribution is 2.37. The molecule has 0 unspecified atom stereocenters. The van der Waals surface area contributed by atoms with E-state index in [9.17, 15) is 9.59 Å². The first-order chi connectivity index (χ1) is 13.3. The lowest BCUT2D eigenvalue weighted by atomic mass is 10.2. The number of aryl methyl sites for hydroxylation is 2. The molecule has 0 aliphatic rings. The Morgan fingerprint density at radius 1 is 1.39 bits per heavy atom. The van der Waals surface area contributed by atoms with E-state index in [0.717, 1.165) is 10.4 Å². The van der Waals surface area contributed by atoms with E-state index in [1.807, 2.05) is 19.9 Å². The van der Waals surface area contributed by atoms with Gasteiger partial charge in [-0.25, -0.2) is 9.78 Å². The number of thiophene rings is 1. The fourth-order valence-corrected chi connectivity index (χ4v) is 4.17. The maximum absolute atomic E-state index is 12.7. The number of rotatable bonds is 5. The maximum Gasteiger partial charge on any atom is 0.331 e. The average Bonchev–Trinajstić information content (AvgIpc) is 2.95. The normalized spacial score (nSPS) is 10.7. The summed E-state index contributed by atoms with van der Waals surface area (Å²) in [5.41, 5.74) is 0.950. The van der Waals surface area contributed by atoms with Gasteiger partial charge in [-0.1, -0.05) is 0 Å². The minimum atomic E-state index is -0.654. The molecule has 7 nitrogen and oxygen atoms in total. The van der Waals surface area contributed by atoms with Gasteiger partial charge in [0.1, 0.15) is 11.4 Å². The van der Waals surface area contributed by atoms with Crippen molar-refractivity contribution in [2.24, 2.45) is 0 Å². The van der Waals surface area contributed by atoms with Crippen molar-refractivity contribution in [3.63, 3.8) is 0 Å². The first-order valence-electron chi connectivity index (χ1n) is 8.38. The standard InChI is InChI=1S/C19H16BrN3O4S/c1-4-26-14-6-12(7-21)5-13(20)17(14)27-15(24)8-23-9-22-18-16(19(23)25)10(2)11(3)28-18/h5-6,9H,4,8H2,1-3H3. The summed E-state index contributed by atoms with van der Waals surface area (Å²) in [6.07, 6.45) is 1.35. The molecular weight excluding hydrogens is 446 g/mol. The summed E-state index contributed by atoms with van der Waals surface area (Å²) >= 11 is 4.74. The van der Waals surface area contributed by atoms with Crippen LogP contribution in [0.4, 0.5) is 0 Å². The van der Waals surface area contributed by atoms with E-state index in [1.165, 1.54) is 34.4 Å². The van der Waals surface area contributed by atoms with Crippen molar-refractivity contribution in [1.29, 1.82) is 5.26 Å². The molecule has 0 spiro atoms. The number of hydrogen-bond donors (Lipinski definition) is 0. The number of ether oxygens (including phenoxy) is 2. The van der Waals surface area contributed by atoms with Crippen LogP contribution in [0.15, 0.2) is 27.7 Å². The van der Waals surface area contributed by atoms with Gasteiger partial charge < -0.3 is 9.47 Å². The third-order valence-corrected chi connectivity index (χ3v) is 5.81. The molecule has 144 valence electrons. The van der Waals surface area contributed by atoms with Gasteiger partial charge in [0.05, 0.1) is 34.4 Å². The number of fused-ring (bicyclic) bond motifs is 1. The zero-order valence-electron chi connectivity index (χ0n) is 15.4. The molecule has 0 N–H and O–H groups in total. The van der Waals surface area contributed by atoms with E-state index in [-0.39, 0.29) is 23.6 Å². The number of hydrogen-bond acceptors (Lipinski definition) is 7. The van der Waals surface area contributed by atoms with Crippen LogP contribution in [0, 0.1) is 25.2 Å². The number of nitrogens with zero attached hydrogens (tertiary/aromatic N) is 3. The molecule has 0 radical (unpaired) electrons. The molecule has 2 aromatic heterocycles. The molecule has 1 aromatic carbocycles. The molecule has 0 aliphatic heterocycles. The average molecular weight is 462 g/mol. The predicted molar refractivity (Wildman–Crippen MR) is 109 cm³/mol. The van der Waals surface area contributed by atoms with Crippen molar-refractivity contribution in [3.05, 3.63) is 49.3 Å². The van der Waals surface area contributed by atoms with E-state index in [0.29, 0.717) is 26.9 Å². The number of halogens is 1. The van der Waals surface area contributed by atoms with E-state index in [1.54, 1.807) is 6.92 Å². The number of carbonyl (C=O) groups is 1. The van der Waals surface area contributed by atoms with Crippen molar-refractivity contribution in [1.82, 2.24) is 9.55 Å². The number of benzene rings is 1. The van der Waals surface area contributed by atoms with Gasteiger partial charge in [0.25, 0.3) is 5.56 Å². The topological polar surface area (TPSA) is 94.2 Å². The number of esters is 1. The van der Waals surface area contributed by atoms with Crippen molar-refractivity contribution >= 4 is 43.5 Å². The van der Waals surface area contributed by atoms with Crippen LogP contribution < -0.4 is 15.0 Å². The summed E-state index contributed by atoms with van der Waals surface area (Å²) in [4.78, 5) is 31.1. The second-order valence-corrected chi connectivity index (χ2v) is 8.00. The van der Waals surface area contributed by atoms with Gasteiger partial charge in [-0.15, -0.1) is 11.3 Å². The van der Waals surface area contributed by atoms with Gasteiger partial charge in [-0.05, 0) is 48.3 Å². The molecule has 0 fully saturated rings. The molecule has 0 saturated carbocycles. The second-order valence-electron chi connectivity index (χ2n) is 5.95. The van der Waals surface area contributed by atoms with E-state index in [2.05, 4.69) is 20.9 Å². The smallest absolute Gasteiger partial charge is 0.331 e. The van der Waals surface area contributed by atoms with Crippen molar-refractivity contribution < 1.29 is 14.3 Å². The van der Waals surface area contributed by atoms with Gasteiger partial charge in [0, 0.05) is 10.9 Å². The third-order valence-electron chi connectivity index (χ3n) is 4.11. The molecule has 0 amide bonds. The highest BCUT2D eigenvalue weighted by atomic mass is 79.9. The Morgan fingerprint density at radius 2 is 2.14 bits per heavy atom. The van der Waals surface area contributed by atoms with Crippen LogP contribution in [-0.2, 0) is 11.3 Å². The van der Waals surface area contributed by atoms with Gasteiger partial charge >= 0.3 is 5.97 Å². The van der Waals surface area contributed by atoms with Gasteiger partial charge in [0.2, 0.25) is 0 Å². The molecule has 28 heavy (non-hydrogen) atoms. The van der Waals surface area contributed by atoms with E-state index in [4.69, 9.17) is 14.7 Å². The largest absolute Gasteiger partial charge is 0.490 e. The summed E-state index contributed by atoms with van der Waals surface area (Å²) < 4.78 is 12.5. The Labute approximate surface area is 173 Å². The third kappa shape index (κ3) is 3.79. The quantitative estimate of drug-likeness (QED) is 0.424. The Morgan fingerprint density at radius 3 is 2.82 bits per heavy atom. The van der Waals surface area contributed by atoms with Crippen LogP contribution in [-0.4, -0.2) is 22.1 Å². The van der Waals surface area contributed by atoms with Crippen molar-refractivity contribution in [2.45, 2.75) is 27.3 Å².